The number of hydrogen-bond donors (Lipinski definition) is 3. The van der Waals surface area contributed by atoms with E-state index in [1.54, 1.807) is 6.92 Å². The van der Waals surface area contributed by atoms with E-state index in [0.717, 1.165) is 0 Å². The lowest BCUT2D eigenvalue weighted by Crippen LogP contribution is -2.20. The van der Waals surface area contributed by atoms with Gasteiger partial charge in [-0.15, -0.1) is 12.4 Å². The molecule has 148 valence electrons. The first-order valence-electron chi connectivity index (χ1n) is 7.23. The van der Waals surface area contributed by atoms with Crippen LogP contribution in [0.25, 0.3) is 0 Å². The molecule has 2 atom stereocenters. The molecule has 0 aromatic carbocycles. The van der Waals surface area contributed by atoms with Gasteiger partial charge in [-0.1, -0.05) is 0 Å². The number of rotatable bonds is 4. The largest absolute Gasteiger partial charge is 0.479 e. The molecule has 0 saturated carbocycles. The lowest BCUT2D eigenvalue weighted by atomic mass is 10.3. The van der Waals surface area contributed by atoms with Crippen molar-refractivity contribution in [1.29, 1.82) is 5.41 Å². The second kappa shape index (κ2) is 10.2. The number of carbonyl (C=O) groups is 2. The fraction of sp³-hybridized carbons (Fsp3) is 0.267. The summed E-state index contributed by atoms with van der Waals surface area (Å²) in [5.74, 6) is -0.360. The molecule has 0 radical (unpaired) electrons. The summed E-state index contributed by atoms with van der Waals surface area (Å²) in [6.45, 7) is 2.07. The fourth-order valence-electron chi connectivity index (χ4n) is 1.85. The molecule has 0 spiro atoms. The van der Waals surface area contributed by atoms with Gasteiger partial charge in [0.25, 0.3) is 5.91 Å². The Morgan fingerprint density at radius 2 is 1.89 bits per heavy atom. The minimum atomic E-state index is -1.17. The fourth-order valence-corrected chi connectivity index (χ4v) is 2.16. The van der Waals surface area contributed by atoms with Crippen LogP contribution in [-0.4, -0.2) is 29.6 Å². The summed E-state index contributed by atoms with van der Waals surface area (Å²) >= 11 is 11.0. The highest BCUT2D eigenvalue weighted by molar-refractivity contribution is 6.29. The minimum Gasteiger partial charge on any atom is -0.479 e. The number of cyclic esters (lactones) is 1. The first-order valence-corrected chi connectivity index (χ1v) is 7.98. The van der Waals surface area contributed by atoms with E-state index in [0.29, 0.717) is 6.61 Å². The van der Waals surface area contributed by atoms with Crippen LogP contribution in [0, 0.1) is 5.41 Å². The number of amides is 2. The molecule has 1 saturated heterocycles. The van der Waals surface area contributed by atoms with Gasteiger partial charge in [-0.3, -0.25) is 15.5 Å². The summed E-state index contributed by atoms with van der Waals surface area (Å²) in [6.07, 6.45) is -2.96. The predicted octanol–water partition coefficient (Wildman–Crippen LogP) is 3.64. The van der Waals surface area contributed by atoms with Crippen LogP contribution in [0.2, 0.25) is 10.4 Å². The van der Waals surface area contributed by atoms with E-state index in [4.69, 9.17) is 42.2 Å². The molecular formula is C15H15Cl3N2O7. The standard InChI is InChI=1S/C8H10ClNO3.C7H4ClNO4.ClH/c1-2-12-8(10)7(11)5-3-4-6(9)13-5;8-4-2-1-3(12-4)5-6(10)9-7(11)13-5;/h3-4,7,10-11H,2H2,1H3;1-2,5H,(H,9,10,11);1H. The third-order valence-corrected chi connectivity index (χ3v) is 3.36. The van der Waals surface area contributed by atoms with Gasteiger partial charge in [-0.2, -0.15) is 0 Å². The third-order valence-electron chi connectivity index (χ3n) is 2.95. The molecule has 2 aromatic heterocycles. The number of aliphatic hydroxyl groups is 1. The van der Waals surface area contributed by atoms with Crippen LogP contribution >= 0.6 is 35.6 Å². The lowest BCUT2D eigenvalue weighted by Gasteiger charge is -2.08. The van der Waals surface area contributed by atoms with Crippen molar-refractivity contribution in [3.8, 4) is 0 Å². The molecule has 3 heterocycles. The number of aliphatic hydroxyl groups excluding tert-OH is 1. The Labute approximate surface area is 169 Å². The average Bonchev–Trinajstić information content (AvgIpc) is 3.28. The maximum Gasteiger partial charge on any atom is 0.415 e. The summed E-state index contributed by atoms with van der Waals surface area (Å²) in [6, 6.07) is 5.95. The van der Waals surface area contributed by atoms with Gasteiger partial charge in [0.2, 0.25) is 12.0 Å². The van der Waals surface area contributed by atoms with E-state index in [2.05, 4.69) is 4.74 Å². The highest BCUT2D eigenvalue weighted by Crippen LogP contribution is 2.25. The Kier molecular flexibility index (Phi) is 8.64. The molecule has 3 rings (SSSR count). The lowest BCUT2D eigenvalue weighted by molar-refractivity contribution is -0.124. The van der Waals surface area contributed by atoms with Gasteiger partial charge in [-0.05, 0) is 54.4 Å². The number of ether oxygens (including phenoxy) is 2. The maximum absolute atomic E-state index is 11.0. The first-order chi connectivity index (χ1) is 12.3. The monoisotopic (exact) mass is 440 g/mol. The topological polar surface area (TPSA) is 135 Å². The number of halogens is 3. The molecule has 0 aliphatic carbocycles. The highest BCUT2D eigenvalue weighted by atomic mass is 35.5. The molecule has 2 unspecified atom stereocenters. The molecule has 12 heteroatoms. The number of nitrogens with one attached hydrogen (secondary N) is 2. The summed E-state index contributed by atoms with van der Waals surface area (Å²) in [7, 11) is 0. The molecule has 1 fully saturated rings. The Bertz CT molecular complexity index is 805. The van der Waals surface area contributed by atoms with Crippen molar-refractivity contribution in [3.05, 3.63) is 46.2 Å². The van der Waals surface area contributed by atoms with Crippen LogP contribution in [0.1, 0.15) is 30.7 Å². The minimum absolute atomic E-state index is 0. The SMILES string of the molecule is CCOC(=N)C(O)c1ccc(Cl)o1.Cl.O=C1NC(=O)C(c2ccc(Cl)o2)O1. The number of carbonyl (C=O) groups excluding carboxylic acids is 2. The maximum atomic E-state index is 11.0. The van der Waals surface area contributed by atoms with Gasteiger partial charge < -0.3 is 23.4 Å². The molecule has 2 amide bonds. The Morgan fingerprint density at radius 3 is 2.33 bits per heavy atom. The van der Waals surface area contributed by atoms with Crippen molar-refractivity contribution in [2.75, 3.05) is 6.61 Å². The van der Waals surface area contributed by atoms with Crippen molar-refractivity contribution in [1.82, 2.24) is 5.32 Å². The number of alkyl carbamates (subject to hydrolysis) is 1. The van der Waals surface area contributed by atoms with E-state index in [-0.39, 0.29) is 40.3 Å². The van der Waals surface area contributed by atoms with Crippen molar-refractivity contribution < 1.29 is 33.0 Å². The van der Waals surface area contributed by atoms with Crippen LogP contribution in [0.3, 0.4) is 0 Å². The first kappa shape index (κ1) is 22.8. The number of imide groups is 1. The summed E-state index contributed by atoms with van der Waals surface area (Å²) < 4.78 is 19.2. The zero-order chi connectivity index (χ0) is 19.3. The second-order valence-corrected chi connectivity index (χ2v) is 5.50. The summed E-state index contributed by atoms with van der Waals surface area (Å²) in [5, 5.41) is 19.0. The smallest absolute Gasteiger partial charge is 0.415 e. The van der Waals surface area contributed by atoms with E-state index in [9.17, 15) is 14.7 Å². The van der Waals surface area contributed by atoms with Gasteiger partial charge >= 0.3 is 6.09 Å². The molecule has 3 N–H and O–H groups in total. The molecule has 27 heavy (non-hydrogen) atoms. The highest BCUT2D eigenvalue weighted by Gasteiger charge is 2.35. The van der Waals surface area contributed by atoms with E-state index >= 15 is 0 Å². The average molecular weight is 442 g/mol. The molecule has 0 bridgehead atoms. The van der Waals surface area contributed by atoms with Crippen LogP contribution in [0.5, 0.6) is 0 Å². The number of hydrogen-bond acceptors (Lipinski definition) is 8. The van der Waals surface area contributed by atoms with Gasteiger partial charge in [0.05, 0.1) is 6.61 Å². The predicted molar refractivity (Wildman–Crippen MR) is 96.4 cm³/mol. The van der Waals surface area contributed by atoms with Crippen molar-refractivity contribution in [3.63, 3.8) is 0 Å². The van der Waals surface area contributed by atoms with Crippen molar-refractivity contribution in [2.24, 2.45) is 0 Å². The zero-order valence-electron chi connectivity index (χ0n) is 13.7. The normalized spacial score (nSPS) is 16.4. The second-order valence-electron chi connectivity index (χ2n) is 4.76. The Morgan fingerprint density at radius 1 is 1.26 bits per heavy atom. The summed E-state index contributed by atoms with van der Waals surface area (Å²) in [5.41, 5.74) is 0. The van der Waals surface area contributed by atoms with E-state index in [1.807, 2.05) is 5.32 Å². The Hall–Kier alpha value is -2.20. The molecular weight excluding hydrogens is 427 g/mol. The van der Waals surface area contributed by atoms with Gasteiger partial charge in [0, 0.05) is 0 Å². The molecule has 9 nitrogen and oxygen atoms in total. The quantitative estimate of drug-likeness (QED) is 0.487. The van der Waals surface area contributed by atoms with Crippen LogP contribution in [0.4, 0.5) is 4.79 Å². The van der Waals surface area contributed by atoms with Gasteiger partial charge in [0.15, 0.2) is 22.3 Å². The van der Waals surface area contributed by atoms with E-state index in [1.165, 1.54) is 24.3 Å². The third kappa shape index (κ3) is 6.17. The molecule has 2 aromatic rings. The van der Waals surface area contributed by atoms with Crippen molar-refractivity contribution in [2.45, 2.75) is 19.1 Å². The van der Waals surface area contributed by atoms with Gasteiger partial charge in [-0.25, -0.2) is 4.79 Å². The molecule has 1 aliphatic heterocycles. The van der Waals surface area contributed by atoms with Crippen molar-refractivity contribution >= 4 is 53.5 Å². The molecule has 1 aliphatic rings. The zero-order valence-corrected chi connectivity index (χ0v) is 16.1. The van der Waals surface area contributed by atoms with E-state index < -0.39 is 24.2 Å². The van der Waals surface area contributed by atoms with Gasteiger partial charge in [0.1, 0.15) is 5.76 Å². The number of furan rings is 2. The van der Waals surface area contributed by atoms with Crippen LogP contribution < -0.4 is 5.32 Å². The van der Waals surface area contributed by atoms with Crippen LogP contribution in [0.15, 0.2) is 33.1 Å². The summed E-state index contributed by atoms with van der Waals surface area (Å²) in [4.78, 5) is 21.6. The Balaban J connectivity index is 0.000000260. The van der Waals surface area contributed by atoms with Crippen LogP contribution in [-0.2, 0) is 14.3 Å².